The maximum Gasteiger partial charge on any atom is 0.410 e. The summed E-state index contributed by atoms with van der Waals surface area (Å²) in [6.45, 7) is 12.2. The first kappa shape index (κ1) is 23.2. The summed E-state index contributed by atoms with van der Waals surface area (Å²) in [5, 5.41) is 6.92. The van der Waals surface area contributed by atoms with Crippen molar-refractivity contribution >= 4 is 27.9 Å². The van der Waals surface area contributed by atoms with Crippen LogP contribution >= 0.6 is 15.9 Å². The Morgan fingerprint density at radius 3 is 2.55 bits per heavy atom. The molecule has 0 bridgehead atoms. The standard InChI is InChI=1S/C22H29BrN4O4/c1-21(2,3)19-25-18(31-26-19)17(28)24-16-9-10-27(20(29)30-22(4,5)6)12-13-11-14(23)7-8-15(13)16/h7-8,11,16H,9-10,12H2,1-6H3,(H,24,28)/t16-/m1/s1. The Bertz CT molecular complexity index is 975. The molecular weight excluding hydrogens is 464 g/mol. The predicted octanol–water partition coefficient (Wildman–Crippen LogP) is 4.74. The van der Waals surface area contributed by atoms with Crippen molar-refractivity contribution in [2.24, 2.45) is 0 Å². The van der Waals surface area contributed by atoms with Crippen LogP contribution in [0.4, 0.5) is 4.79 Å². The van der Waals surface area contributed by atoms with Crippen LogP contribution in [0.1, 0.15) is 81.6 Å². The molecule has 31 heavy (non-hydrogen) atoms. The van der Waals surface area contributed by atoms with Crippen molar-refractivity contribution in [3.8, 4) is 0 Å². The Morgan fingerprint density at radius 2 is 1.94 bits per heavy atom. The molecule has 168 valence electrons. The van der Waals surface area contributed by atoms with E-state index < -0.39 is 11.5 Å². The molecule has 0 saturated carbocycles. The minimum atomic E-state index is -0.584. The largest absolute Gasteiger partial charge is 0.444 e. The molecule has 0 aliphatic carbocycles. The zero-order valence-electron chi connectivity index (χ0n) is 18.8. The maximum absolute atomic E-state index is 12.8. The van der Waals surface area contributed by atoms with Crippen molar-refractivity contribution in [1.29, 1.82) is 0 Å². The number of nitrogens with one attached hydrogen (secondary N) is 1. The molecule has 1 aromatic heterocycles. The van der Waals surface area contributed by atoms with Gasteiger partial charge < -0.3 is 19.5 Å². The van der Waals surface area contributed by atoms with E-state index in [2.05, 4.69) is 31.4 Å². The topological polar surface area (TPSA) is 97.6 Å². The van der Waals surface area contributed by atoms with Gasteiger partial charge in [-0.3, -0.25) is 4.79 Å². The summed E-state index contributed by atoms with van der Waals surface area (Å²) in [6, 6.07) is 5.53. The van der Waals surface area contributed by atoms with E-state index in [9.17, 15) is 9.59 Å². The molecule has 0 radical (unpaired) electrons. The van der Waals surface area contributed by atoms with Gasteiger partial charge in [-0.15, -0.1) is 0 Å². The van der Waals surface area contributed by atoms with E-state index in [1.807, 2.05) is 59.7 Å². The zero-order valence-corrected chi connectivity index (χ0v) is 20.4. The number of hydrogen-bond donors (Lipinski definition) is 1. The van der Waals surface area contributed by atoms with Gasteiger partial charge in [0.05, 0.1) is 6.04 Å². The molecule has 0 unspecified atom stereocenters. The molecule has 1 N–H and O–H groups in total. The van der Waals surface area contributed by atoms with Gasteiger partial charge in [-0.05, 0) is 50.5 Å². The third-order valence-corrected chi connectivity index (χ3v) is 5.27. The highest BCUT2D eigenvalue weighted by Gasteiger charge is 2.31. The number of fused-ring (bicyclic) bond motifs is 1. The number of benzene rings is 1. The summed E-state index contributed by atoms with van der Waals surface area (Å²) in [4.78, 5) is 31.4. The number of aromatic nitrogens is 2. The number of hydrogen-bond acceptors (Lipinski definition) is 6. The molecule has 1 atom stereocenters. The highest BCUT2D eigenvalue weighted by Crippen LogP contribution is 2.30. The zero-order chi connectivity index (χ0) is 23.0. The van der Waals surface area contributed by atoms with Crippen LogP contribution in [0.25, 0.3) is 0 Å². The number of nitrogens with zero attached hydrogens (tertiary/aromatic N) is 3. The molecule has 2 heterocycles. The SMILES string of the molecule is CC(C)(C)OC(=O)N1CC[C@@H](NC(=O)c2nc(C(C)(C)C)no2)c2ccc(Br)cc2C1. The lowest BCUT2D eigenvalue weighted by Crippen LogP contribution is -2.37. The maximum atomic E-state index is 12.8. The average molecular weight is 493 g/mol. The Hall–Kier alpha value is -2.42. The number of rotatable bonds is 2. The van der Waals surface area contributed by atoms with Crippen molar-refractivity contribution in [2.45, 2.75) is 71.6 Å². The van der Waals surface area contributed by atoms with Crippen LogP contribution in [0.15, 0.2) is 27.2 Å². The smallest absolute Gasteiger partial charge is 0.410 e. The van der Waals surface area contributed by atoms with Crippen LogP contribution in [0.2, 0.25) is 0 Å². The van der Waals surface area contributed by atoms with Gasteiger partial charge in [-0.25, -0.2) is 4.79 Å². The van der Waals surface area contributed by atoms with E-state index >= 15 is 0 Å². The fourth-order valence-corrected chi connectivity index (χ4v) is 3.66. The Morgan fingerprint density at radius 1 is 1.23 bits per heavy atom. The molecule has 3 rings (SSSR count). The molecule has 0 spiro atoms. The monoisotopic (exact) mass is 492 g/mol. The van der Waals surface area contributed by atoms with E-state index in [1.54, 1.807) is 4.90 Å². The summed E-state index contributed by atoms with van der Waals surface area (Å²) >= 11 is 3.50. The summed E-state index contributed by atoms with van der Waals surface area (Å²) < 4.78 is 11.6. The predicted molar refractivity (Wildman–Crippen MR) is 119 cm³/mol. The Labute approximate surface area is 190 Å². The number of halogens is 1. The third kappa shape index (κ3) is 5.84. The van der Waals surface area contributed by atoms with Gasteiger partial charge in [0, 0.05) is 23.0 Å². The van der Waals surface area contributed by atoms with Gasteiger partial charge in [0.2, 0.25) is 0 Å². The normalized spacial score (nSPS) is 17.0. The first-order valence-electron chi connectivity index (χ1n) is 10.2. The van der Waals surface area contributed by atoms with Crippen LogP contribution in [0.5, 0.6) is 0 Å². The van der Waals surface area contributed by atoms with Crippen molar-refractivity contribution < 1.29 is 18.8 Å². The lowest BCUT2D eigenvalue weighted by atomic mass is 9.96. The van der Waals surface area contributed by atoms with Crippen LogP contribution in [0, 0.1) is 0 Å². The van der Waals surface area contributed by atoms with Gasteiger partial charge in [0.25, 0.3) is 0 Å². The fraction of sp³-hybridized carbons (Fsp3) is 0.545. The molecule has 1 aliphatic rings. The average Bonchev–Trinajstić information content (AvgIpc) is 3.07. The molecule has 0 saturated heterocycles. The summed E-state index contributed by atoms with van der Waals surface area (Å²) in [5.74, 6) is -0.0385. The first-order chi connectivity index (χ1) is 14.3. The van der Waals surface area contributed by atoms with Gasteiger partial charge in [0.15, 0.2) is 5.82 Å². The first-order valence-corrected chi connectivity index (χ1v) is 11.0. The minimum Gasteiger partial charge on any atom is -0.444 e. The van der Waals surface area contributed by atoms with Crippen molar-refractivity contribution in [3.63, 3.8) is 0 Å². The van der Waals surface area contributed by atoms with Gasteiger partial charge in [-0.1, -0.05) is 47.9 Å². The van der Waals surface area contributed by atoms with Gasteiger partial charge in [-0.2, -0.15) is 4.98 Å². The molecule has 2 amide bonds. The van der Waals surface area contributed by atoms with Crippen LogP contribution in [-0.2, 0) is 16.7 Å². The summed E-state index contributed by atoms with van der Waals surface area (Å²) in [6.07, 6.45) is 0.150. The second-order valence-corrected chi connectivity index (χ2v) is 10.6. The van der Waals surface area contributed by atoms with Crippen LogP contribution in [-0.4, -0.2) is 39.2 Å². The molecule has 9 heteroatoms. The molecule has 8 nitrogen and oxygen atoms in total. The number of carbonyl (C=O) groups is 2. The second kappa shape index (κ2) is 8.61. The summed E-state index contributed by atoms with van der Waals surface area (Å²) in [5.41, 5.74) is 0.971. The highest BCUT2D eigenvalue weighted by molar-refractivity contribution is 9.10. The van der Waals surface area contributed by atoms with E-state index in [0.29, 0.717) is 25.3 Å². The lowest BCUT2D eigenvalue weighted by Gasteiger charge is -2.26. The van der Waals surface area contributed by atoms with Gasteiger partial charge >= 0.3 is 17.9 Å². The Balaban J connectivity index is 1.82. The number of ether oxygens (including phenoxy) is 1. The fourth-order valence-electron chi connectivity index (χ4n) is 3.25. The lowest BCUT2D eigenvalue weighted by molar-refractivity contribution is 0.0234. The number of carbonyl (C=O) groups excluding carboxylic acids is 2. The van der Waals surface area contributed by atoms with E-state index in [-0.39, 0.29) is 23.4 Å². The van der Waals surface area contributed by atoms with Crippen molar-refractivity contribution in [3.05, 3.63) is 45.5 Å². The highest BCUT2D eigenvalue weighted by atomic mass is 79.9. The summed E-state index contributed by atoms with van der Waals surface area (Å²) in [7, 11) is 0. The van der Waals surface area contributed by atoms with Crippen LogP contribution < -0.4 is 5.32 Å². The quantitative estimate of drug-likeness (QED) is 0.649. The molecule has 1 aromatic carbocycles. The minimum absolute atomic E-state index is 0.0724. The third-order valence-electron chi connectivity index (χ3n) is 4.78. The van der Waals surface area contributed by atoms with E-state index in [1.165, 1.54) is 0 Å². The second-order valence-electron chi connectivity index (χ2n) is 9.73. The molecule has 0 fully saturated rings. The van der Waals surface area contributed by atoms with E-state index in [4.69, 9.17) is 9.26 Å². The number of amides is 2. The molecule has 1 aliphatic heterocycles. The van der Waals surface area contributed by atoms with Crippen molar-refractivity contribution in [1.82, 2.24) is 20.4 Å². The van der Waals surface area contributed by atoms with Gasteiger partial charge in [0.1, 0.15) is 5.60 Å². The Kier molecular flexibility index (Phi) is 6.45. The van der Waals surface area contributed by atoms with Crippen molar-refractivity contribution in [2.75, 3.05) is 6.54 Å². The van der Waals surface area contributed by atoms with E-state index in [0.717, 1.165) is 15.6 Å². The molecular formula is C22H29BrN4O4. The van der Waals surface area contributed by atoms with Crippen LogP contribution in [0.3, 0.4) is 0 Å². The molecule has 2 aromatic rings.